The number of benzene rings is 1. The first kappa shape index (κ1) is 18.2. The zero-order valence-electron chi connectivity index (χ0n) is 14.6. The molecule has 25 heavy (non-hydrogen) atoms. The van der Waals surface area contributed by atoms with E-state index in [0.29, 0.717) is 30.1 Å². The van der Waals surface area contributed by atoms with Gasteiger partial charge in [-0.3, -0.25) is 9.59 Å². The van der Waals surface area contributed by atoms with Crippen LogP contribution in [-0.4, -0.2) is 52.9 Å². The molecule has 3 rings (SSSR count). The molecule has 0 aromatic heterocycles. The number of carbonyl (C=O) groups excluding carboxylic acids is 2. The molecule has 1 spiro atoms. The molecule has 0 bridgehead atoms. The molecule has 1 aromatic carbocycles. The number of halogens is 1. The van der Waals surface area contributed by atoms with Crippen molar-refractivity contribution in [1.29, 1.82) is 0 Å². The van der Waals surface area contributed by atoms with Gasteiger partial charge in [0, 0.05) is 37.6 Å². The van der Waals surface area contributed by atoms with E-state index in [0.717, 1.165) is 32.4 Å². The molecule has 2 amide bonds. The summed E-state index contributed by atoms with van der Waals surface area (Å²) < 4.78 is 0. The zero-order chi connectivity index (χ0) is 18.0. The minimum absolute atomic E-state index is 0.131. The molecule has 136 valence electrons. The van der Waals surface area contributed by atoms with Gasteiger partial charge in [-0.15, -0.1) is 0 Å². The molecule has 0 radical (unpaired) electrons. The Morgan fingerprint density at radius 1 is 1.24 bits per heavy atom. The summed E-state index contributed by atoms with van der Waals surface area (Å²) in [6.07, 6.45) is 2.14. The Hall–Kier alpha value is -1.59. The molecular formula is C19H25ClN2O3. The van der Waals surface area contributed by atoms with E-state index in [1.54, 1.807) is 29.2 Å². The molecule has 2 saturated heterocycles. The Labute approximate surface area is 153 Å². The first-order chi connectivity index (χ1) is 11.9. The molecule has 0 saturated carbocycles. The SMILES string of the molecule is CCN1CC2(CCC1=O)CCN(C(=O)[C@H](O)c1ccc(Cl)cc1)CC2. The third kappa shape index (κ3) is 3.82. The van der Waals surface area contributed by atoms with E-state index in [1.165, 1.54) is 0 Å². The smallest absolute Gasteiger partial charge is 0.256 e. The summed E-state index contributed by atoms with van der Waals surface area (Å²) in [4.78, 5) is 28.2. The standard InChI is InChI=1S/C19H25ClN2O3/c1-2-21-13-19(8-7-16(21)23)9-11-22(12-10-19)18(25)17(24)14-3-5-15(20)6-4-14/h3-6,17,24H,2,7-13H2,1H3/t17-/m1/s1. The molecule has 0 unspecified atom stereocenters. The summed E-state index contributed by atoms with van der Waals surface area (Å²) in [5.41, 5.74) is 0.696. The number of nitrogens with zero attached hydrogens (tertiary/aromatic N) is 2. The summed E-state index contributed by atoms with van der Waals surface area (Å²) in [5.74, 6) is -0.0128. The van der Waals surface area contributed by atoms with Crippen LogP contribution in [0, 0.1) is 5.41 Å². The van der Waals surface area contributed by atoms with E-state index in [-0.39, 0.29) is 17.2 Å². The van der Waals surface area contributed by atoms with E-state index >= 15 is 0 Å². The Kier molecular flexibility index (Phi) is 5.35. The second-order valence-electron chi connectivity index (χ2n) is 7.19. The monoisotopic (exact) mass is 364 g/mol. The lowest BCUT2D eigenvalue weighted by molar-refractivity contribution is -0.147. The predicted octanol–water partition coefficient (Wildman–Crippen LogP) is 2.62. The topological polar surface area (TPSA) is 60.9 Å². The van der Waals surface area contributed by atoms with E-state index in [1.807, 2.05) is 11.8 Å². The number of rotatable bonds is 3. The summed E-state index contributed by atoms with van der Waals surface area (Å²) in [7, 11) is 0. The molecular weight excluding hydrogens is 340 g/mol. The fourth-order valence-corrected chi connectivity index (χ4v) is 4.09. The number of carbonyl (C=O) groups is 2. The lowest BCUT2D eigenvalue weighted by atomic mass is 9.72. The maximum absolute atomic E-state index is 12.6. The molecule has 5 nitrogen and oxygen atoms in total. The van der Waals surface area contributed by atoms with Crippen LogP contribution in [0.25, 0.3) is 0 Å². The minimum Gasteiger partial charge on any atom is -0.378 e. The van der Waals surface area contributed by atoms with Gasteiger partial charge >= 0.3 is 0 Å². The Bertz CT molecular complexity index is 639. The predicted molar refractivity (Wildman–Crippen MR) is 96.1 cm³/mol. The van der Waals surface area contributed by atoms with Gasteiger partial charge in [0.25, 0.3) is 5.91 Å². The fraction of sp³-hybridized carbons (Fsp3) is 0.579. The van der Waals surface area contributed by atoms with Crippen LogP contribution in [0.1, 0.15) is 44.3 Å². The van der Waals surface area contributed by atoms with E-state index in [9.17, 15) is 14.7 Å². The van der Waals surface area contributed by atoms with Gasteiger partial charge in [-0.2, -0.15) is 0 Å². The van der Waals surface area contributed by atoms with Crippen LogP contribution in [0.2, 0.25) is 5.02 Å². The van der Waals surface area contributed by atoms with Crippen molar-refractivity contribution in [1.82, 2.24) is 9.80 Å². The van der Waals surface area contributed by atoms with E-state index in [4.69, 9.17) is 11.6 Å². The van der Waals surface area contributed by atoms with E-state index < -0.39 is 6.10 Å². The van der Waals surface area contributed by atoms with Crippen molar-refractivity contribution >= 4 is 23.4 Å². The molecule has 1 N–H and O–H groups in total. The second kappa shape index (κ2) is 7.34. The van der Waals surface area contributed by atoms with Gasteiger partial charge in [0.15, 0.2) is 6.10 Å². The van der Waals surface area contributed by atoms with Gasteiger partial charge in [0.2, 0.25) is 5.91 Å². The highest BCUT2D eigenvalue weighted by Crippen LogP contribution is 2.40. The van der Waals surface area contributed by atoms with Crippen LogP contribution >= 0.6 is 11.6 Å². The van der Waals surface area contributed by atoms with Crippen LogP contribution in [0.5, 0.6) is 0 Å². The molecule has 2 fully saturated rings. The molecule has 2 heterocycles. The van der Waals surface area contributed by atoms with Crippen LogP contribution in [0.15, 0.2) is 24.3 Å². The maximum atomic E-state index is 12.6. The first-order valence-corrected chi connectivity index (χ1v) is 9.32. The largest absolute Gasteiger partial charge is 0.378 e. The lowest BCUT2D eigenvalue weighted by Crippen LogP contribution is -2.52. The van der Waals surface area contributed by atoms with Gasteiger partial charge in [0.05, 0.1) is 0 Å². The van der Waals surface area contributed by atoms with Crippen LogP contribution < -0.4 is 0 Å². The van der Waals surface area contributed by atoms with Crippen molar-refractivity contribution < 1.29 is 14.7 Å². The van der Waals surface area contributed by atoms with Gasteiger partial charge in [-0.25, -0.2) is 0 Å². The maximum Gasteiger partial charge on any atom is 0.256 e. The normalized spacial score (nSPS) is 21.5. The van der Waals surface area contributed by atoms with Crippen molar-refractivity contribution in [3.8, 4) is 0 Å². The van der Waals surface area contributed by atoms with Gasteiger partial charge in [-0.05, 0) is 49.3 Å². The highest BCUT2D eigenvalue weighted by atomic mass is 35.5. The molecule has 1 atom stereocenters. The molecule has 2 aliphatic rings. The quantitative estimate of drug-likeness (QED) is 0.896. The van der Waals surface area contributed by atoms with E-state index in [2.05, 4.69) is 0 Å². The number of hydrogen-bond donors (Lipinski definition) is 1. The number of piperidine rings is 2. The fourth-order valence-electron chi connectivity index (χ4n) is 3.96. The Morgan fingerprint density at radius 2 is 1.88 bits per heavy atom. The van der Waals surface area contributed by atoms with Crippen molar-refractivity contribution in [2.24, 2.45) is 5.41 Å². The van der Waals surface area contributed by atoms with Crippen molar-refractivity contribution in [2.45, 2.75) is 38.7 Å². The average molecular weight is 365 g/mol. The number of hydrogen-bond acceptors (Lipinski definition) is 3. The van der Waals surface area contributed by atoms with Gasteiger partial charge < -0.3 is 14.9 Å². The van der Waals surface area contributed by atoms with Gasteiger partial charge in [0.1, 0.15) is 0 Å². The minimum atomic E-state index is -1.15. The van der Waals surface area contributed by atoms with Gasteiger partial charge in [-0.1, -0.05) is 23.7 Å². The summed E-state index contributed by atoms with van der Waals surface area (Å²) in [6.45, 7) is 4.82. The number of aliphatic hydroxyl groups excluding tert-OH is 1. The number of aliphatic hydroxyl groups is 1. The number of amides is 2. The van der Waals surface area contributed by atoms with Crippen LogP contribution in [0.4, 0.5) is 0 Å². The second-order valence-corrected chi connectivity index (χ2v) is 7.62. The van der Waals surface area contributed by atoms with Crippen LogP contribution in [0.3, 0.4) is 0 Å². The third-order valence-electron chi connectivity index (χ3n) is 5.69. The van der Waals surface area contributed by atoms with Crippen molar-refractivity contribution in [3.05, 3.63) is 34.9 Å². The summed E-state index contributed by atoms with van der Waals surface area (Å²) in [5, 5.41) is 10.9. The molecule has 0 aliphatic carbocycles. The Morgan fingerprint density at radius 3 is 2.48 bits per heavy atom. The number of likely N-dealkylation sites (tertiary alicyclic amines) is 2. The zero-order valence-corrected chi connectivity index (χ0v) is 15.3. The Balaban J connectivity index is 1.61. The van der Waals surface area contributed by atoms with Crippen molar-refractivity contribution in [3.63, 3.8) is 0 Å². The van der Waals surface area contributed by atoms with Crippen LogP contribution in [-0.2, 0) is 9.59 Å². The molecule has 2 aliphatic heterocycles. The summed E-state index contributed by atoms with van der Waals surface area (Å²) in [6, 6.07) is 6.72. The lowest BCUT2D eigenvalue weighted by Gasteiger charge is -2.47. The highest BCUT2D eigenvalue weighted by Gasteiger charge is 2.41. The highest BCUT2D eigenvalue weighted by molar-refractivity contribution is 6.30. The molecule has 1 aromatic rings. The third-order valence-corrected chi connectivity index (χ3v) is 5.94. The average Bonchev–Trinajstić information content (AvgIpc) is 2.64. The summed E-state index contributed by atoms with van der Waals surface area (Å²) >= 11 is 5.86. The molecule has 6 heteroatoms. The van der Waals surface area contributed by atoms with Crippen molar-refractivity contribution in [2.75, 3.05) is 26.2 Å². The first-order valence-electron chi connectivity index (χ1n) is 8.94.